The Balaban J connectivity index is 2.55. The van der Waals surface area contributed by atoms with E-state index in [1.54, 1.807) is 6.07 Å². The van der Waals surface area contributed by atoms with Crippen LogP contribution in [0.25, 0.3) is 0 Å². The summed E-state index contributed by atoms with van der Waals surface area (Å²) in [5.74, 6) is -0.719. The number of carbonyl (C=O) groups is 2. The van der Waals surface area contributed by atoms with Crippen LogP contribution in [-0.4, -0.2) is 28.6 Å². The molecule has 1 aromatic rings. The van der Waals surface area contributed by atoms with Gasteiger partial charge in [0, 0.05) is 12.7 Å². The van der Waals surface area contributed by atoms with Crippen LogP contribution in [0, 0.1) is 12.8 Å². The monoisotopic (exact) mass is 268 g/mol. The fraction of sp³-hybridized carbons (Fsp3) is 0.385. The minimum atomic E-state index is -0.947. The molecule has 1 atom stereocenters. The average molecular weight is 268 g/mol. The van der Waals surface area contributed by atoms with Crippen molar-refractivity contribution in [3.63, 3.8) is 0 Å². The van der Waals surface area contributed by atoms with Crippen molar-refractivity contribution in [3.8, 4) is 5.75 Å². The number of benzene rings is 1. The molecule has 0 aliphatic heterocycles. The van der Waals surface area contributed by atoms with Gasteiger partial charge in [-0.25, -0.2) is 0 Å². The van der Waals surface area contributed by atoms with Crippen LogP contribution in [0.2, 0.25) is 0 Å². The van der Waals surface area contributed by atoms with Crippen molar-refractivity contribution in [1.29, 1.82) is 0 Å². The maximum atomic E-state index is 11.0. The van der Waals surface area contributed by atoms with Gasteiger partial charge in [-0.2, -0.15) is 0 Å². The highest BCUT2D eigenvalue weighted by Crippen LogP contribution is 2.18. The predicted octanol–water partition coefficient (Wildman–Crippen LogP) is 2.35. The van der Waals surface area contributed by atoms with Crippen molar-refractivity contribution in [2.75, 3.05) is 12.4 Å². The molecule has 0 heterocycles. The van der Waals surface area contributed by atoms with Crippen molar-refractivity contribution in [3.05, 3.63) is 29.8 Å². The number of rotatable bonds is 6. The normalized spacial score (nSPS) is 11.9. The molecule has 5 heteroatoms. The van der Waals surface area contributed by atoms with Crippen molar-refractivity contribution in [2.24, 2.45) is 5.92 Å². The Morgan fingerprint density at radius 3 is 2.61 bits per heavy atom. The lowest BCUT2D eigenvalue weighted by Gasteiger charge is -2.14. The zero-order chi connectivity index (χ0) is 13.5. The van der Waals surface area contributed by atoms with E-state index in [1.165, 1.54) is 6.92 Å². The SMILES string of the molecule is CC(=O)SCC(COc1ccccc1C)C(=O)O. The van der Waals surface area contributed by atoms with Crippen LogP contribution in [0.15, 0.2) is 24.3 Å². The highest BCUT2D eigenvalue weighted by atomic mass is 32.2. The minimum Gasteiger partial charge on any atom is -0.492 e. The lowest BCUT2D eigenvalue weighted by atomic mass is 10.2. The zero-order valence-corrected chi connectivity index (χ0v) is 11.2. The molecule has 98 valence electrons. The predicted molar refractivity (Wildman–Crippen MR) is 70.9 cm³/mol. The Morgan fingerprint density at radius 2 is 2.06 bits per heavy atom. The zero-order valence-electron chi connectivity index (χ0n) is 10.4. The van der Waals surface area contributed by atoms with Crippen molar-refractivity contribution < 1.29 is 19.4 Å². The van der Waals surface area contributed by atoms with E-state index in [9.17, 15) is 9.59 Å². The minimum absolute atomic E-state index is 0.0699. The van der Waals surface area contributed by atoms with E-state index >= 15 is 0 Å². The molecule has 1 unspecified atom stereocenters. The van der Waals surface area contributed by atoms with E-state index in [2.05, 4.69) is 0 Å². The van der Waals surface area contributed by atoms with Gasteiger partial charge in [0.15, 0.2) is 5.12 Å². The summed E-state index contributed by atoms with van der Waals surface area (Å²) in [4.78, 5) is 21.8. The van der Waals surface area contributed by atoms with Gasteiger partial charge in [0.25, 0.3) is 0 Å². The van der Waals surface area contributed by atoms with Crippen molar-refractivity contribution in [2.45, 2.75) is 13.8 Å². The smallest absolute Gasteiger partial charge is 0.310 e. The molecule has 0 saturated heterocycles. The van der Waals surface area contributed by atoms with Crippen molar-refractivity contribution >= 4 is 22.8 Å². The summed E-state index contributed by atoms with van der Waals surface area (Å²) < 4.78 is 5.49. The van der Waals surface area contributed by atoms with Crippen LogP contribution in [0.1, 0.15) is 12.5 Å². The molecule has 1 aromatic carbocycles. The Labute approximate surface area is 110 Å². The number of aliphatic carboxylic acids is 1. The molecule has 1 N–H and O–H groups in total. The van der Waals surface area contributed by atoms with E-state index in [0.717, 1.165) is 17.3 Å². The van der Waals surface area contributed by atoms with E-state index < -0.39 is 11.9 Å². The van der Waals surface area contributed by atoms with Crippen molar-refractivity contribution in [1.82, 2.24) is 0 Å². The van der Waals surface area contributed by atoms with Gasteiger partial charge in [0.1, 0.15) is 18.3 Å². The summed E-state index contributed by atoms with van der Waals surface area (Å²) in [6, 6.07) is 7.42. The molecule has 4 nitrogen and oxygen atoms in total. The summed E-state index contributed by atoms with van der Waals surface area (Å²) in [5.41, 5.74) is 0.959. The molecule has 0 aliphatic carbocycles. The third-order valence-electron chi connectivity index (χ3n) is 2.37. The standard InChI is InChI=1S/C13H16O4S/c1-9-5-3-4-6-12(9)17-7-11(13(15)16)8-18-10(2)14/h3-6,11H,7-8H2,1-2H3,(H,15,16). The molecular weight excluding hydrogens is 252 g/mol. The average Bonchev–Trinajstić information content (AvgIpc) is 2.30. The fourth-order valence-electron chi connectivity index (χ4n) is 1.32. The fourth-order valence-corrected chi connectivity index (χ4v) is 1.99. The third-order valence-corrected chi connectivity index (χ3v) is 3.35. The Morgan fingerprint density at radius 1 is 1.39 bits per heavy atom. The number of hydrogen-bond acceptors (Lipinski definition) is 4. The molecule has 0 radical (unpaired) electrons. The summed E-state index contributed by atoms with van der Waals surface area (Å²) in [6.07, 6.45) is 0. The Kier molecular flexibility index (Phi) is 5.71. The highest BCUT2D eigenvalue weighted by molar-refractivity contribution is 8.13. The summed E-state index contributed by atoms with van der Waals surface area (Å²) in [6.45, 7) is 3.39. The van der Waals surface area contributed by atoms with Crippen LogP contribution in [0.3, 0.4) is 0 Å². The second-order valence-electron chi connectivity index (χ2n) is 3.91. The number of carbonyl (C=O) groups excluding carboxylic acids is 1. The van der Waals surface area contributed by atoms with E-state index in [-0.39, 0.29) is 17.5 Å². The first-order valence-corrected chi connectivity index (χ1v) is 6.54. The van der Waals surface area contributed by atoms with Gasteiger partial charge in [0.05, 0.1) is 0 Å². The van der Waals surface area contributed by atoms with Gasteiger partial charge in [0.2, 0.25) is 0 Å². The Bertz CT molecular complexity index is 431. The first-order valence-electron chi connectivity index (χ1n) is 5.55. The van der Waals surface area contributed by atoms with Crippen LogP contribution in [0.4, 0.5) is 0 Å². The van der Waals surface area contributed by atoms with Gasteiger partial charge in [-0.15, -0.1) is 0 Å². The van der Waals surface area contributed by atoms with Crippen LogP contribution in [-0.2, 0) is 9.59 Å². The molecule has 0 fully saturated rings. The maximum absolute atomic E-state index is 11.0. The molecule has 0 bridgehead atoms. The molecule has 0 aromatic heterocycles. The van der Waals surface area contributed by atoms with E-state index in [1.807, 2.05) is 25.1 Å². The summed E-state index contributed by atoms with van der Waals surface area (Å²) >= 11 is 1.01. The molecule has 1 rings (SSSR count). The number of para-hydroxylation sites is 1. The molecule has 0 saturated carbocycles. The van der Waals surface area contributed by atoms with Crippen LogP contribution in [0.5, 0.6) is 5.75 Å². The molecule has 0 spiro atoms. The summed E-state index contributed by atoms with van der Waals surface area (Å²) in [7, 11) is 0. The molecule has 0 amide bonds. The highest BCUT2D eigenvalue weighted by Gasteiger charge is 2.19. The number of thioether (sulfide) groups is 1. The first-order chi connectivity index (χ1) is 8.50. The molecule has 18 heavy (non-hydrogen) atoms. The lowest BCUT2D eigenvalue weighted by Crippen LogP contribution is -2.24. The van der Waals surface area contributed by atoms with E-state index in [0.29, 0.717) is 5.75 Å². The quantitative estimate of drug-likeness (QED) is 0.858. The second kappa shape index (κ2) is 7.06. The topological polar surface area (TPSA) is 63.6 Å². The van der Waals surface area contributed by atoms with Gasteiger partial charge in [-0.05, 0) is 18.6 Å². The van der Waals surface area contributed by atoms with Gasteiger partial charge in [-0.3, -0.25) is 9.59 Å². The second-order valence-corrected chi connectivity index (χ2v) is 5.11. The van der Waals surface area contributed by atoms with Crippen LogP contribution < -0.4 is 4.74 Å². The third kappa shape index (κ3) is 4.79. The first kappa shape index (κ1) is 14.6. The number of aryl methyl sites for hydroxylation is 1. The number of carboxylic acid groups (broad SMARTS) is 1. The number of ether oxygens (including phenoxy) is 1. The Hall–Kier alpha value is -1.49. The van der Waals surface area contributed by atoms with Gasteiger partial charge in [-0.1, -0.05) is 30.0 Å². The molecular formula is C13H16O4S. The number of carboxylic acids is 1. The van der Waals surface area contributed by atoms with Gasteiger partial charge >= 0.3 is 5.97 Å². The largest absolute Gasteiger partial charge is 0.492 e. The summed E-state index contributed by atoms with van der Waals surface area (Å²) in [5, 5.41) is 8.94. The molecule has 0 aliphatic rings. The number of hydrogen-bond donors (Lipinski definition) is 1. The van der Waals surface area contributed by atoms with Gasteiger partial charge < -0.3 is 9.84 Å². The van der Waals surface area contributed by atoms with Crippen LogP contribution >= 0.6 is 11.8 Å². The lowest BCUT2D eigenvalue weighted by molar-refractivity contribution is -0.141. The maximum Gasteiger partial charge on any atom is 0.310 e. The van der Waals surface area contributed by atoms with E-state index in [4.69, 9.17) is 9.84 Å².